The molecule has 0 amide bonds. The zero-order chi connectivity index (χ0) is 17.4. The van der Waals surface area contributed by atoms with Crippen LogP contribution in [0.25, 0.3) is 16.9 Å². The Morgan fingerprint density at radius 2 is 1.52 bits per heavy atom. The molecule has 0 fully saturated rings. The number of fused-ring (bicyclic) bond motifs is 1. The minimum atomic E-state index is 0.719. The van der Waals surface area contributed by atoms with E-state index in [-0.39, 0.29) is 0 Å². The second-order valence-corrected chi connectivity index (χ2v) is 6.68. The number of imidazole rings is 1. The van der Waals surface area contributed by atoms with Crippen molar-refractivity contribution in [1.82, 2.24) is 9.38 Å². The largest absolute Gasteiger partial charge is 0.339 e. The number of hydrogen-bond donors (Lipinski definition) is 1. The smallest absolute Gasteiger partial charge is 0.143 e. The number of nitrogens with zero attached hydrogens (tertiary/aromatic N) is 2. The normalized spacial score (nSPS) is 11.0. The Kier molecular flexibility index (Phi) is 3.94. The summed E-state index contributed by atoms with van der Waals surface area (Å²) in [6, 6.07) is 20.2. The van der Waals surface area contributed by atoms with Gasteiger partial charge in [-0.1, -0.05) is 47.5 Å². The summed E-state index contributed by atoms with van der Waals surface area (Å²) in [4.78, 5) is 4.82. The van der Waals surface area contributed by atoms with Gasteiger partial charge in [0.05, 0.1) is 0 Å². The fraction of sp³-hybridized carbons (Fsp3) is 0.0952. The van der Waals surface area contributed by atoms with Crippen LogP contribution in [-0.2, 0) is 0 Å². The van der Waals surface area contributed by atoms with Gasteiger partial charge in [0.2, 0.25) is 0 Å². The van der Waals surface area contributed by atoms with Crippen molar-refractivity contribution >= 4 is 28.8 Å². The second-order valence-electron chi connectivity index (χ2n) is 6.24. The predicted molar refractivity (Wildman–Crippen MR) is 105 cm³/mol. The summed E-state index contributed by atoms with van der Waals surface area (Å²) in [5.74, 6) is 0.949. The van der Waals surface area contributed by atoms with E-state index >= 15 is 0 Å². The molecule has 2 aromatic heterocycles. The summed E-state index contributed by atoms with van der Waals surface area (Å²) in [6.07, 6.45) is 2.10. The lowest BCUT2D eigenvalue weighted by Crippen LogP contribution is -1.97. The van der Waals surface area contributed by atoms with Crippen molar-refractivity contribution in [3.63, 3.8) is 0 Å². The lowest BCUT2D eigenvalue weighted by Gasteiger charge is -2.10. The second kappa shape index (κ2) is 6.26. The van der Waals surface area contributed by atoms with Crippen LogP contribution in [0.2, 0.25) is 5.02 Å². The van der Waals surface area contributed by atoms with Crippen LogP contribution in [0, 0.1) is 13.8 Å². The maximum absolute atomic E-state index is 6.04. The summed E-state index contributed by atoms with van der Waals surface area (Å²) in [6.45, 7) is 4.16. The molecule has 0 spiro atoms. The molecule has 2 aromatic carbocycles. The summed E-state index contributed by atoms with van der Waals surface area (Å²) >= 11 is 6.04. The molecule has 0 saturated heterocycles. The molecule has 124 valence electrons. The van der Waals surface area contributed by atoms with E-state index in [1.165, 1.54) is 11.1 Å². The number of aromatic nitrogens is 2. The topological polar surface area (TPSA) is 29.3 Å². The molecule has 4 aromatic rings. The van der Waals surface area contributed by atoms with Crippen molar-refractivity contribution in [2.45, 2.75) is 13.8 Å². The van der Waals surface area contributed by atoms with Gasteiger partial charge in [0, 0.05) is 22.5 Å². The van der Waals surface area contributed by atoms with Crippen LogP contribution in [0.1, 0.15) is 11.1 Å². The van der Waals surface area contributed by atoms with Crippen LogP contribution >= 0.6 is 11.6 Å². The number of aryl methyl sites for hydroxylation is 2. The van der Waals surface area contributed by atoms with E-state index in [1.807, 2.05) is 30.3 Å². The van der Waals surface area contributed by atoms with Crippen LogP contribution in [0.4, 0.5) is 11.5 Å². The quantitative estimate of drug-likeness (QED) is 0.491. The first-order valence-electron chi connectivity index (χ1n) is 8.18. The monoisotopic (exact) mass is 347 g/mol. The molecule has 25 heavy (non-hydrogen) atoms. The number of pyridine rings is 1. The van der Waals surface area contributed by atoms with Gasteiger partial charge in [-0.15, -0.1) is 0 Å². The van der Waals surface area contributed by atoms with Crippen LogP contribution in [0.15, 0.2) is 66.9 Å². The van der Waals surface area contributed by atoms with E-state index in [1.54, 1.807) is 0 Å². The SMILES string of the molecule is Cc1ccc(Nc2c(-c3ccc(Cl)cc3)nc3ccc(C)cn23)cc1. The molecule has 0 atom stereocenters. The molecule has 0 aliphatic rings. The van der Waals surface area contributed by atoms with Gasteiger partial charge in [-0.2, -0.15) is 0 Å². The third-order valence-corrected chi connectivity index (χ3v) is 4.45. The van der Waals surface area contributed by atoms with E-state index < -0.39 is 0 Å². The van der Waals surface area contributed by atoms with Gasteiger partial charge in [-0.25, -0.2) is 4.98 Å². The number of halogens is 1. The predicted octanol–water partition coefficient (Wildman–Crippen LogP) is 6.02. The highest BCUT2D eigenvalue weighted by atomic mass is 35.5. The molecule has 1 N–H and O–H groups in total. The minimum absolute atomic E-state index is 0.719. The van der Waals surface area contributed by atoms with Gasteiger partial charge in [-0.05, 0) is 49.7 Å². The molecule has 0 unspecified atom stereocenters. The highest BCUT2D eigenvalue weighted by molar-refractivity contribution is 6.30. The number of nitrogens with one attached hydrogen (secondary N) is 1. The van der Waals surface area contributed by atoms with E-state index in [0.717, 1.165) is 33.4 Å². The van der Waals surface area contributed by atoms with E-state index in [9.17, 15) is 0 Å². The first-order chi connectivity index (χ1) is 12.1. The first kappa shape index (κ1) is 15.7. The van der Waals surface area contributed by atoms with Crippen molar-refractivity contribution < 1.29 is 0 Å². The number of benzene rings is 2. The Morgan fingerprint density at radius 3 is 2.24 bits per heavy atom. The van der Waals surface area contributed by atoms with Crippen molar-refractivity contribution in [3.05, 3.63) is 83.0 Å². The highest BCUT2D eigenvalue weighted by Gasteiger charge is 2.14. The van der Waals surface area contributed by atoms with Gasteiger partial charge in [-0.3, -0.25) is 4.40 Å². The van der Waals surface area contributed by atoms with Gasteiger partial charge in [0.25, 0.3) is 0 Å². The first-order valence-corrected chi connectivity index (χ1v) is 8.56. The van der Waals surface area contributed by atoms with Crippen molar-refractivity contribution in [2.75, 3.05) is 5.32 Å². The average Bonchev–Trinajstić information content (AvgIpc) is 2.95. The number of rotatable bonds is 3. The molecule has 0 saturated carbocycles. The van der Waals surface area contributed by atoms with E-state index in [4.69, 9.17) is 16.6 Å². The third-order valence-electron chi connectivity index (χ3n) is 4.20. The summed E-state index contributed by atoms with van der Waals surface area (Å²) < 4.78 is 2.10. The Balaban J connectivity index is 1.89. The van der Waals surface area contributed by atoms with Crippen LogP contribution in [0.5, 0.6) is 0 Å². The Hall–Kier alpha value is -2.78. The molecular formula is C21H18ClN3. The molecule has 2 heterocycles. The summed E-state index contributed by atoms with van der Waals surface area (Å²) in [5.41, 5.74) is 6.29. The molecule has 0 aliphatic heterocycles. The third kappa shape index (κ3) is 3.11. The van der Waals surface area contributed by atoms with Crippen molar-refractivity contribution in [3.8, 4) is 11.3 Å². The van der Waals surface area contributed by atoms with Gasteiger partial charge in [0.1, 0.15) is 17.2 Å². The fourth-order valence-electron chi connectivity index (χ4n) is 2.85. The highest BCUT2D eigenvalue weighted by Crippen LogP contribution is 2.32. The minimum Gasteiger partial charge on any atom is -0.339 e. The van der Waals surface area contributed by atoms with Crippen molar-refractivity contribution in [1.29, 1.82) is 0 Å². The van der Waals surface area contributed by atoms with Crippen LogP contribution in [0.3, 0.4) is 0 Å². The van der Waals surface area contributed by atoms with E-state index in [2.05, 4.69) is 60.1 Å². The van der Waals surface area contributed by atoms with Gasteiger partial charge in [0.15, 0.2) is 0 Å². The standard InChI is InChI=1S/C21H18ClN3/c1-14-3-10-18(11-4-14)23-21-20(16-6-8-17(22)9-7-16)24-19-12-5-15(2)13-25(19)21/h3-13,23H,1-2H3. The molecule has 3 nitrogen and oxygen atoms in total. The maximum atomic E-state index is 6.04. The fourth-order valence-corrected chi connectivity index (χ4v) is 2.98. The number of anilines is 2. The molecule has 0 aliphatic carbocycles. The lowest BCUT2D eigenvalue weighted by molar-refractivity contribution is 1.16. The van der Waals surface area contributed by atoms with Gasteiger partial charge >= 0.3 is 0 Å². The van der Waals surface area contributed by atoms with Gasteiger partial charge < -0.3 is 5.32 Å². The Bertz CT molecular complexity index is 1030. The number of hydrogen-bond acceptors (Lipinski definition) is 2. The lowest BCUT2D eigenvalue weighted by atomic mass is 10.1. The summed E-state index contributed by atoms with van der Waals surface area (Å²) in [5, 5.41) is 4.25. The zero-order valence-corrected chi connectivity index (χ0v) is 14.9. The van der Waals surface area contributed by atoms with E-state index in [0.29, 0.717) is 0 Å². The molecular weight excluding hydrogens is 330 g/mol. The van der Waals surface area contributed by atoms with Crippen LogP contribution in [-0.4, -0.2) is 9.38 Å². The maximum Gasteiger partial charge on any atom is 0.143 e. The Labute approximate surface area is 151 Å². The molecule has 0 radical (unpaired) electrons. The average molecular weight is 348 g/mol. The van der Waals surface area contributed by atoms with Crippen LogP contribution < -0.4 is 5.32 Å². The summed E-state index contributed by atoms with van der Waals surface area (Å²) in [7, 11) is 0. The molecule has 4 heteroatoms. The van der Waals surface area contributed by atoms with Crippen molar-refractivity contribution in [2.24, 2.45) is 0 Å². The Morgan fingerprint density at radius 1 is 0.840 bits per heavy atom. The molecule has 0 bridgehead atoms. The zero-order valence-electron chi connectivity index (χ0n) is 14.1. The molecule has 4 rings (SSSR count).